The van der Waals surface area contributed by atoms with Gasteiger partial charge in [-0.2, -0.15) is 0 Å². The Morgan fingerprint density at radius 1 is 0.213 bits per heavy atom. The Bertz CT molecular complexity index is 464. The minimum absolute atomic E-state index is 0. The van der Waals surface area contributed by atoms with Gasteiger partial charge in [0.25, 0.3) is 0 Å². The number of hydrogen-bond acceptors (Lipinski definition) is 0. The van der Waals surface area contributed by atoms with Crippen LogP contribution in [0.5, 0.6) is 0 Å². The molecule has 0 aliphatic heterocycles. The Kier molecular flexibility index (Phi) is 49.0. The van der Waals surface area contributed by atoms with E-state index in [1.165, 1.54) is 270 Å². The van der Waals surface area contributed by atoms with Gasteiger partial charge in [-0.1, -0.05) is 245 Å². The number of nitrogens with one attached hydrogen (secondary N) is 1. The highest BCUT2D eigenvalue weighted by atomic mass is 79.9. The second-order valence-electron chi connectivity index (χ2n) is 15.9. The molecule has 0 aliphatic rings. The van der Waals surface area contributed by atoms with Crippen molar-refractivity contribution >= 4 is 0 Å². The lowest BCUT2D eigenvalue weighted by atomic mass is 10.0. The zero-order valence-corrected chi connectivity index (χ0v) is 35.2. The Balaban J connectivity index is 0. The smallest absolute Gasteiger partial charge is 0.0768 e. The lowest BCUT2D eigenvalue weighted by Gasteiger charge is -2.13. The summed E-state index contributed by atoms with van der Waals surface area (Å²) >= 11 is 0. The van der Waals surface area contributed by atoms with Crippen LogP contribution in [0.3, 0.4) is 0 Å². The monoisotopic (exact) mass is 728 g/mol. The Hall–Kier alpha value is 0.440. The number of quaternary nitrogens is 1. The van der Waals surface area contributed by atoms with Gasteiger partial charge in [-0.05, 0) is 25.7 Å². The molecule has 0 aromatic rings. The van der Waals surface area contributed by atoms with Gasteiger partial charge in [0.05, 0.1) is 20.1 Å². The average Bonchev–Trinajstić information content (AvgIpc) is 3.06. The topological polar surface area (TPSA) is 4.44 Å². The fraction of sp³-hybridized carbons (Fsp3) is 1.00. The van der Waals surface area contributed by atoms with Crippen LogP contribution in [0, 0.1) is 0 Å². The van der Waals surface area contributed by atoms with Crippen LogP contribution in [0.1, 0.15) is 271 Å². The molecule has 47 heavy (non-hydrogen) atoms. The van der Waals surface area contributed by atoms with Gasteiger partial charge in [0.1, 0.15) is 0 Å². The highest BCUT2D eigenvalue weighted by Crippen LogP contribution is 2.16. The molecule has 0 fully saturated rings. The molecule has 0 saturated carbocycles. The van der Waals surface area contributed by atoms with Crippen LogP contribution < -0.4 is 21.9 Å². The Morgan fingerprint density at radius 2 is 0.340 bits per heavy atom. The van der Waals surface area contributed by atoms with E-state index < -0.39 is 0 Å². The standard InChI is InChI=1S/C45H93N.BrH/c1-4-6-8-10-12-14-16-18-20-22-24-26-28-30-32-34-36-38-40-42-44-46(3)45-43-41-39-37-35-33-31-29-27-25-23-21-19-17-15-13-11-9-7-5-2;/h4-45H2,1-3H3;1H. The molecule has 0 heterocycles. The van der Waals surface area contributed by atoms with Crippen LogP contribution in [0.15, 0.2) is 0 Å². The summed E-state index contributed by atoms with van der Waals surface area (Å²) in [5.74, 6) is 0. The molecule has 1 N–H and O–H groups in total. The molecule has 286 valence electrons. The third-order valence-corrected chi connectivity index (χ3v) is 10.9. The second-order valence-corrected chi connectivity index (χ2v) is 15.9. The van der Waals surface area contributed by atoms with Gasteiger partial charge in [-0.25, -0.2) is 0 Å². The molecule has 0 aromatic carbocycles. The molecular formula is C45H94BrN. The summed E-state index contributed by atoms with van der Waals surface area (Å²) in [6.45, 7) is 7.42. The maximum Gasteiger partial charge on any atom is 0.0768 e. The van der Waals surface area contributed by atoms with Crippen LogP contribution >= 0.6 is 0 Å². The van der Waals surface area contributed by atoms with E-state index in [-0.39, 0.29) is 17.0 Å². The van der Waals surface area contributed by atoms with Gasteiger partial charge in [-0.3, -0.25) is 0 Å². The van der Waals surface area contributed by atoms with Crippen molar-refractivity contribution in [2.45, 2.75) is 271 Å². The van der Waals surface area contributed by atoms with E-state index >= 15 is 0 Å². The molecular weight excluding hydrogens is 634 g/mol. The summed E-state index contributed by atoms with van der Waals surface area (Å²) in [5.41, 5.74) is 0. The van der Waals surface area contributed by atoms with Crippen molar-refractivity contribution in [3.05, 3.63) is 0 Å². The normalized spacial score (nSPS) is 11.5. The minimum Gasteiger partial charge on any atom is -1.00 e. The summed E-state index contributed by atoms with van der Waals surface area (Å²) in [7, 11) is 2.44. The van der Waals surface area contributed by atoms with Crippen molar-refractivity contribution in [1.82, 2.24) is 0 Å². The van der Waals surface area contributed by atoms with E-state index in [1.807, 2.05) is 0 Å². The van der Waals surface area contributed by atoms with Crippen LogP contribution in [0.4, 0.5) is 0 Å². The summed E-state index contributed by atoms with van der Waals surface area (Å²) < 4.78 is 0. The highest BCUT2D eigenvalue weighted by Gasteiger charge is 2.02. The van der Waals surface area contributed by atoms with Gasteiger partial charge in [0.2, 0.25) is 0 Å². The number of rotatable bonds is 42. The molecule has 0 radical (unpaired) electrons. The van der Waals surface area contributed by atoms with E-state index in [0.717, 1.165) is 0 Å². The van der Waals surface area contributed by atoms with Crippen molar-refractivity contribution in [2.75, 3.05) is 20.1 Å². The first-order valence-corrected chi connectivity index (χ1v) is 22.6. The highest BCUT2D eigenvalue weighted by molar-refractivity contribution is 4.53. The molecule has 0 rings (SSSR count). The molecule has 0 aromatic heterocycles. The molecule has 0 saturated heterocycles. The molecule has 0 bridgehead atoms. The fourth-order valence-electron chi connectivity index (χ4n) is 7.49. The van der Waals surface area contributed by atoms with E-state index in [9.17, 15) is 0 Å². The van der Waals surface area contributed by atoms with Crippen molar-refractivity contribution in [1.29, 1.82) is 0 Å². The maximum atomic E-state index is 2.44. The molecule has 0 atom stereocenters. The SMILES string of the molecule is CCCCCCCCCCCCCCCCCCCCCC[NH+](C)CCCCCCCCCCCCCCCCCCCCCC.[Br-]. The number of hydrogen-bond donors (Lipinski definition) is 1. The first kappa shape index (κ1) is 49.6. The maximum absolute atomic E-state index is 2.44. The van der Waals surface area contributed by atoms with Gasteiger partial charge in [-0.15, -0.1) is 0 Å². The van der Waals surface area contributed by atoms with Gasteiger partial charge < -0.3 is 21.9 Å². The quantitative estimate of drug-likeness (QED) is 0.0597. The van der Waals surface area contributed by atoms with Crippen LogP contribution in [-0.2, 0) is 0 Å². The Morgan fingerprint density at radius 3 is 0.489 bits per heavy atom. The van der Waals surface area contributed by atoms with Crippen molar-refractivity contribution in [2.24, 2.45) is 0 Å². The van der Waals surface area contributed by atoms with Crippen LogP contribution in [-0.4, -0.2) is 20.1 Å². The number of halogens is 1. The zero-order chi connectivity index (χ0) is 33.3. The zero-order valence-electron chi connectivity index (χ0n) is 33.6. The summed E-state index contributed by atoms with van der Waals surface area (Å²) in [4.78, 5) is 1.78. The van der Waals surface area contributed by atoms with E-state index in [2.05, 4.69) is 20.9 Å². The molecule has 0 amide bonds. The van der Waals surface area contributed by atoms with Gasteiger partial charge in [0, 0.05) is 0 Å². The number of unbranched alkanes of at least 4 members (excludes halogenated alkanes) is 38. The van der Waals surface area contributed by atoms with Crippen LogP contribution in [0.25, 0.3) is 0 Å². The first-order valence-electron chi connectivity index (χ1n) is 22.6. The summed E-state index contributed by atoms with van der Waals surface area (Å²) in [6, 6.07) is 0. The predicted octanol–water partition coefficient (Wildman–Crippen LogP) is 12.1. The molecule has 1 nitrogen and oxygen atoms in total. The van der Waals surface area contributed by atoms with Gasteiger partial charge >= 0.3 is 0 Å². The summed E-state index contributed by atoms with van der Waals surface area (Å²) in [6.07, 6.45) is 59.0. The predicted molar refractivity (Wildman–Crippen MR) is 213 cm³/mol. The lowest BCUT2D eigenvalue weighted by Crippen LogP contribution is -3.09. The van der Waals surface area contributed by atoms with Gasteiger partial charge in [0.15, 0.2) is 0 Å². The van der Waals surface area contributed by atoms with Crippen molar-refractivity contribution in [3.8, 4) is 0 Å². The molecule has 0 unspecified atom stereocenters. The van der Waals surface area contributed by atoms with E-state index in [4.69, 9.17) is 0 Å². The van der Waals surface area contributed by atoms with Crippen molar-refractivity contribution in [3.63, 3.8) is 0 Å². The first-order chi connectivity index (χ1) is 22.8. The summed E-state index contributed by atoms with van der Waals surface area (Å²) in [5, 5.41) is 0. The average molecular weight is 729 g/mol. The van der Waals surface area contributed by atoms with E-state index in [0.29, 0.717) is 0 Å². The fourth-order valence-corrected chi connectivity index (χ4v) is 7.49. The van der Waals surface area contributed by atoms with Crippen LogP contribution in [0.2, 0.25) is 0 Å². The third-order valence-electron chi connectivity index (χ3n) is 10.9. The molecule has 2 heteroatoms. The third kappa shape index (κ3) is 46.4. The second kappa shape index (κ2) is 46.4. The van der Waals surface area contributed by atoms with Crippen molar-refractivity contribution < 1.29 is 21.9 Å². The molecule has 0 aliphatic carbocycles. The molecule has 0 spiro atoms. The van der Waals surface area contributed by atoms with E-state index in [1.54, 1.807) is 4.90 Å². The minimum atomic E-state index is 0. The lowest BCUT2D eigenvalue weighted by molar-refractivity contribution is -0.880. The Labute approximate surface area is 311 Å². The largest absolute Gasteiger partial charge is 1.00 e.